The van der Waals surface area contributed by atoms with Crippen LogP contribution in [0.1, 0.15) is 6.92 Å². The Morgan fingerprint density at radius 2 is 2.38 bits per heavy atom. The lowest BCUT2D eigenvalue weighted by Crippen LogP contribution is -2.15. The number of carbonyl (C=O) groups excluding carboxylic acids is 1. The van der Waals surface area contributed by atoms with Gasteiger partial charge < -0.3 is 4.74 Å². The maximum absolute atomic E-state index is 11.0. The molecule has 1 heterocycles. The number of methoxy groups -OCH3 is 1. The summed E-state index contributed by atoms with van der Waals surface area (Å²) < 4.78 is 6.07. The lowest BCUT2D eigenvalue weighted by molar-refractivity contribution is -0.139. The number of nitrogens with zero attached hydrogens (tertiary/aromatic N) is 4. The minimum Gasteiger partial charge on any atom is -0.468 e. The Hall–Kier alpha value is -1.11. The van der Waals surface area contributed by atoms with E-state index in [1.54, 1.807) is 14.0 Å². The van der Waals surface area contributed by atoms with Gasteiger partial charge in [0.25, 0.3) is 0 Å². The first kappa shape index (κ1) is 9.97. The Balaban J connectivity index is 2.59. The Labute approximate surface area is 79.6 Å². The zero-order valence-corrected chi connectivity index (χ0v) is 8.41. The van der Waals surface area contributed by atoms with Crippen LogP contribution >= 0.6 is 11.8 Å². The number of esters is 1. The highest BCUT2D eigenvalue weighted by Gasteiger charge is 2.17. The maximum atomic E-state index is 11.0. The monoisotopic (exact) mass is 202 g/mol. The van der Waals surface area contributed by atoms with Crippen LogP contribution in [0.25, 0.3) is 0 Å². The number of aryl methyl sites for hydroxylation is 1. The number of thioether (sulfide) groups is 1. The molecule has 0 aliphatic carbocycles. The third-order valence-electron chi connectivity index (χ3n) is 1.40. The third-order valence-corrected chi connectivity index (χ3v) is 2.50. The van der Waals surface area contributed by atoms with E-state index in [4.69, 9.17) is 0 Å². The molecule has 13 heavy (non-hydrogen) atoms. The van der Waals surface area contributed by atoms with Crippen LogP contribution in [0.4, 0.5) is 0 Å². The van der Waals surface area contributed by atoms with Crippen molar-refractivity contribution in [3.05, 3.63) is 0 Å². The molecule has 0 aliphatic heterocycles. The highest BCUT2D eigenvalue weighted by Crippen LogP contribution is 2.19. The van der Waals surface area contributed by atoms with Gasteiger partial charge in [-0.1, -0.05) is 11.8 Å². The number of aromatic nitrogens is 4. The molecule has 1 atom stereocenters. The molecule has 0 amide bonds. The molecule has 6 nitrogen and oxygen atoms in total. The molecule has 1 unspecified atom stereocenters. The summed E-state index contributed by atoms with van der Waals surface area (Å²) in [6.45, 7) is 1.74. The fourth-order valence-electron chi connectivity index (χ4n) is 0.693. The van der Waals surface area contributed by atoms with Gasteiger partial charge >= 0.3 is 5.97 Å². The van der Waals surface area contributed by atoms with Gasteiger partial charge in [0.15, 0.2) is 0 Å². The molecule has 0 saturated carbocycles. The van der Waals surface area contributed by atoms with Crippen LogP contribution < -0.4 is 0 Å². The Morgan fingerprint density at radius 1 is 1.69 bits per heavy atom. The first-order valence-electron chi connectivity index (χ1n) is 3.62. The van der Waals surface area contributed by atoms with Crippen LogP contribution in [0.15, 0.2) is 5.16 Å². The van der Waals surface area contributed by atoms with Crippen LogP contribution in [0.2, 0.25) is 0 Å². The van der Waals surface area contributed by atoms with Crippen molar-refractivity contribution in [1.82, 2.24) is 20.2 Å². The molecule has 72 valence electrons. The highest BCUT2D eigenvalue weighted by atomic mass is 32.2. The molecule has 0 aliphatic rings. The summed E-state index contributed by atoms with van der Waals surface area (Å²) in [6, 6.07) is 0. The van der Waals surface area contributed by atoms with Gasteiger partial charge in [0.2, 0.25) is 5.16 Å². The van der Waals surface area contributed by atoms with Crippen LogP contribution in [0.5, 0.6) is 0 Å². The molecule has 1 aromatic rings. The van der Waals surface area contributed by atoms with Gasteiger partial charge in [0.1, 0.15) is 5.25 Å². The summed E-state index contributed by atoms with van der Waals surface area (Å²) in [4.78, 5) is 11.0. The minimum absolute atomic E-state index is 0.284. The van der Waals surface area contributed by atoms with E-state index in [1.165, 1.54) is 23.6 Å². The van der Waals surface area contributed by atoms with Crippen LogP contribution in [-0.4, -0.2) is 38.5 Å². The number of hydrogen-bond donors (Lipinski definition) is 0. The zero-order chi connectivity index (χ0) is 9.84. The Bertz CT molecular complexity index is 301. The summed E-state index contributed by atoms with van der Waals surface area (Å²) in [7, 11) is 3.07. The van der Waals surface area contributed by atoms with Gasteiger partial charge in [0.05, 0.1) is 7.11 Å². The molecule has 0 saturated heterocycles. The second kappa shape index (κ2) is 4.22. The van der Waals surface area contributed by atoms with Gasteiger partial charge in [-0.05, 0) is 17.4 Å². The predicted octanol–water partition coefficient (Wildman–Crippen LogP) is -0.136. The van der Waals surface area contributed by atoms with Crippen molar-refractivity contribution in [2.24, 2.45) is 7.05 Å². The predicted molar refractivity (Wildman–Crippen MR) is 46.1 cm³/mol. The smallest absolute Gasteiger partial charge is 0.318 e. The number of hydrogen-bond acceptors (Lipinski definition) is 6. The average molecular weight is 202 g/mol. The van der Waals surface area contributed by atoms with Crippen LogP contribution in [0, 0.1) is 0 Å². The van der Waals surface area contributed by atoms with Gasteiger partial charge in [0, 0.05) is 7.05 Å². The topological polar surface area (TPSA) is 69.9 Å². The van der Waals surface area contributed by atoms with Crippen molar-refractivity contribution in [3.8, 4) is 0 Å². The molecular formula is C6H10N4O2S. The van der Waals surface area contributed by atoms with Gasteiger partial charge in [-0.3, -0.25) is 4.79 Å². The van der Waals surface area contributed by atoms with Gasteiger partial charge in [-0.2, -0.15) is 0 Å². The van der Waals surface area contributed by atoms with Crippen LogP contribution in [-0.2, 0) is 16.6 Å². The zero-order valence-electron chi connectivity index (χ0n) is 7.59. The highest BCUT2D eigenvalue weighted by molar-refractivity contribution is 8.00. The summed E-state index contributed by atoms with van der Waals surface area (Å²) in [6.07, 6.45) is 0. The quantitative estimate of drug-likeness (QED) is 0.502. The number of carbonyl (C=O) groups is 1. The number of ether oxygens (including phenoxy) is 1. The summed E-state index contributed by atoms with van der Waals surface area (Å²) in [5.41, 5.74) is 0. The first-order valence-corrected chi connectivity index (χ1v) is 4.50. The molecule has 1 rings (SSSR count). The first-order chi connectivity index (χ1) is 6.15. The van der Waals surface area contributed by atoms with E-state index >= 15 is 0 Å². The van der Waals surface area contributed by atoms with Crippen molar-refractivity contribution in [3.63, 3.8) is 0 Å². The molecule has 1 aromatic heterocycles. The van der Waals surface area contributed by atoms with Gasteiger partial charge in [-0.25, -0.2) is 4.68 Å². The molecule has 0 spiro atoms. The fourth-order valence-corrected chi connectivity index (χ4v) is 1.47. The van der Waals surface area contributed by atoms with Crippen molar-refractivity contribution in [2.75, 3.05) is 7.11 Å². The van der Waals surface area contributed by atoms with Gasteiger partial charge in [-0.15, -0.1) is 5.10 Å². The standard InChI is InChI=1S/C6H10N4O2S/c1-4(5(11)12-3)13-6-7-8-9-10(6)2/h4H,1-3H3. The molecular weight excluding hydrogens is 192 g/mol. The molecule has 0 fully saturated rings. The second-order valence-electron chi connectivity index (χ2n) is 2.37. The van der Waals surface area contributed by atoms with E-state index in [-0.39, 0.29) is 11.2 Å². The molecule has 0 radical (unpaired) electrons. The van der Waals surface area contributed by atoms with E-state index in [1.807, 2.05) is 0 Å². The molecule has 0 N–H and O–H groups in total. The van der Waals surface area contributed by atoms with Crippen molar-refractivity contribution < 1.29 is 9.53 Å². The SMILES string of the molecule is COC(=O)C(C)Sc1nnnn1C. The van der Waals surface area contributed by atoms with E-state index < -0.39 is 0 Å². The maximum Gasteiger partial charge on any atom is 0.318 e. The normalized spacial score (nSPS) is 12.5. The van der Waals surface area contributed by atoms with E-state index in [2.05, 4.69) is 20.3 Å². The van der Waals surface area contributed by atoms with Crippen LogP contribution in [0.3, 0.4) is 0 Å². The summed E-state index contributed by atoms with van der Waals surface area (Å²) in [5.74, 6) is -0.284. The van der Waals surface area contributed by atoms with Crippen molar-refractivity contribution in [2.45, 2.75) is 17.3 Å². The van der Waals surface area contributed by atoms with Crippen molar-refractivity contribution in [1.29, 1.82) is 0 Å². The van der Waals surface area contributed by atoms with Crippen molar-refractivity contribution >= 4 is 17.7 Å². The number of tetrazole rings is 1. The minimum atomic E-state index is -0.297. The summed E-state index contributed by atoms with van der Waals surface area (Å²) in [5, 5.41) is 11.1. The average Bonchev–Trinajstić information content (AvgIpc) is 2.50. The second-order valence-corrected chi connectivity index (χ2v) is 3.68. The van der Waals surface area contributed by atoms with E-state index in [0.717, 1.165) is 0 Å². The summed E-state index contributed by atoms with van der Waals surface area (Å²) >= 11 is 1.26. The largest absolute Gasteiger partial charge is 0.468 e. The lowest BCUT2D eigenvalue weighted by atomic mass is 10.5. The third kappa shape index (κ3) is 2.41. The number of rotatable bonds is 3. The Morgan fingerprint density at radius 3 is 2.85 bits per heavy atom. The van der Waals surface area contributed by atoms with E-state index in [9.17, 15) is 4.79 Å². The fraction of sp³-hybridized carbons (Fsp3) is 0.667. The molecule has 0 bridgehead atoms. The molecule has 7 heteroatoms. The van der Waals surface area contributed by atoms with E-state index in [0.29, 0.717) is 5.16 Å². The Kier molecular flexibility index (Phi) is 3.24. The molecule has 0 aromatic carbocycles. The lowest BCUT2D eigenvalue weighted by Gasteiger charge is -2.05.